The van der Waals surface area contributed by atoms with Crippen molar-refractivity contribution in [3.63, 3.8) is 0 Å². The SMILES string of the molecule is C[C@H](N[P+]1(O)OC[C@H]2O[C@@H](n3ccc(N)nc3=O)C[C@@H]2O1)C(=O)O. The molecule has 5 N–H and O–H groups in total. The lowest BCUT2D eigenvalue weighted by atomic mass is 10.2. The van der Waals surface area contributed by atoms with Crippen molar-refractivity contribution in [2.75, 3.05) is 12.3 Å². The van der Waals surface area contributed by atoms with E-state index in [1.807, 2.05) is 0 Å². The van der Waals surface area contributed by atoms with Crippen LogP contribution in [0.15, 0.2) is 17.1 Å². The van der Waals surface area contributed by atoms with Gasteiger partial charge in [-0.1, -0.05) is 0 Å². The highest BCUT2D eigenvalue weighted by Gasteiger charge is 2.57. The van der Waals surface area contributed by atoms with Crippen LogP contribution in [0.3, 0.4) is 0 Å². The Hall–Kier alpha value is -1.62. The van der Waals surface area contributed by atoms with Gasteiger partial charge in [0.05, 0.1) is 0 Å². The summed E-state index contributed by atoms with van der Waals surface area (Å²) in [7, 11) is -3.52. The maximum atomic E-state index is 11.9. The van der Waals surface area contributed by atoms with E-state index in [4.69, 9.17) is 24.6 Å². The summed E-state index contributed by atoms with van der Waals surface area (Å²) in [5.41, 5.74) is 4.90. The number of aliphatic carboxylic acids is 1. The molecule has 0 radical (unpaired) electrons. The van der Waals surface area contributed by atoms with Crippen molar-refractivity contribution >= 4 is 19.9 Å². The van der Waals surface area contributed by atoms with E-state index in [2.05, 4.69) is 10.1 Å². The van der Waals surface area contributed by atoms with Crippen molar-refractivity contribution in [1.82, 2.24) is 14.6 Å². The molecule has 1 unspecified atom stereocenters. The molecular weight excluding hydrogens is 343 g/mol. The summed E-state index contributed by atoms with van der Waals surface area (Å²) in [6.07, 6.45) is 0.0965. The number of fused-ring (bicyclic) bond motifs is 1. The van der Waals surface area contributed by atoms with Gasteiger partial charge >= 0.3 is 19.8 Å². The molecule has 0 aromatic carbocycles. The molecule has 12 heteroatoms. The average molecular weight is 361 g/mol. The number of hydrogen-bond acceptors (Lipinski definition) is 9. The third kappa shape index (κ3) is 3.41. The van der Waals surface area contributed by atoms with Gasteiger partial charge in [0.2, 0.25) is 0 Å². The second kappa shape index (κ2) is 6.36. The van der Waals surface area contributed by atoms with Crippen LogP contribution in [0.4, 0.5) is 5.82 Å². The Morgan fingerprint density at radius 2 is 2.33 bits per heavy atom. The molecule has 2 fully saturated rings. The van der Waals surface area contributed by atoms with Crippen molar-refractivity contribution in [1.29, 1.82) is 0 Å². The molecule has 5 atom stereocenters. The molecule has 3 rings (SSSR count). The van der Waals surface area contributed by atoms with Gasteiger partial charge in [0, 0.05) is 12.6 Å². The number of ether oxygens (including phenoxy) is 1. The van der Waals surface area contributed by atoms with Crippen molar-refractivity contribution in [2.45, 2.75) is 37.8 Å². The molecule has 2 aliphatic heterocycles. The van der Waals surface area contributed by atoms with E-state index in [0.29, 0.717) is 0 Å². The molecule has 2 saturated heterocycles. The number of hydrogen-bond donors (Lipinski definition) is 4. The molecule has 24 heavy (non-hydrogen) atoms. The Morgan fingerprint density at radius 3 is 3.00 bits per heavy atom. The topological polar surface area (TPSA) is 158 Å². The fraction of sp³-hybridized carbons (Fsp3) is 0.583. The van der Waals surface area contributed by atoms with E-state index in [0.717, 1.165) is 0 Å². The van der Waals surface area contributed by atoms with Gasteiger partial charge in [-0.2, -0.15) is 18.9 Å². The minimum atomic E-state index is -3.52. The second-order valence-corrected chi connectivity index (χ2v) is 7.32. The summed E-state index contributed by atoms with van der Waals surface area (Å²) in [4.78, 5) is 36.7. The summed E-state index contributed by atoms with van der Waals surface area (Å²) >= 11 is 0. The smallest absolute Gasteiger partial charge is 0.480 e. The first-order chi connectivity index (χ1) is 11.3. The van der Waals surface area contributed by atoms with Gasteiger partial charge in [-0.3, -0.25) is 9.36 Å². The number of rotatable bonds is 4. The van der Waals surface area contributed by atoms with E-state index in [1.54, 1.807) is 0 Å². The maximum Gasteiger partial charge on any atom is 0.500 e. The maximum absolute atomic E-state index is 11.9. The first-order valence-corrected chi connectivity index (χ1v) is 8.80. The van der Waals surface area contributed by atoms with Gasteiger partial charge in [-0.25, -0.2) is 4.79 Å². The van der Waals surface area contributed by atoms with Crippen LogP contribution in [-0.2, 0) is 18.6 Å². The van der Waals surface area contributed by atoms with Crippen LogP contribution in [0.2, 0.25) is 0 Å². The summed E-state index contributed by atoms with van der Waals surface area (Å²) < 4.78 is 17.8. The van der Waals surface area contributed by atoms with Crippen LogP contribution >= 0.6 is 8.09 Å². The summed E-state index contributed by atoms with van der Waals surface area (Å²) in [5.74, 6) is -1.03. The van der Waals surface area contributed by atoms with E-state index in [-0.39, 0.29) is 18.8 Å². The third-order valence-electron chi connectivity index (χ3n) is 3.76. The molecule has 11 nitrogen and oxygen atoms in total. The fourth-order valence-corrected chi connectivity index (χ4v) is 4.27. The number of carboxylic acids is 1. The number of carboxylic acid groups (broad SMARTS) is 1. The van der Waals surface area contributed by atoms with Gasteiger partial charge in [0.1, 0.15) is 36.9 Å². The summed E-state index contributed by atoms with van der Waals surface area (Å²) in [6.45, 7) is 1.38. The molecule has 132 valence electrons. The largest absolute Gasteiger partial charge is 0.500 e. The van der Waals surface area contributed by atoms with Crippen molar-refractivity contribution in [2.24, 2.45) is 0 Å². The predicted molar refractivity (Wildman–Crippen MR) is 81.6 cm³/mol. The van der Waals surface area contributed by atoms with E-state index in [9.17, 15) is 14.5 Å². The van der Waals surface area contributed by atoms with Crippen molar-refractivity contribution in [3.05, 3.63) is 22.7 Å². The van der Waals surface area contributed by atoms with Crippen molar-refractivity contribution < 1.29 is 28.6 Å². The molecule has 2 aliphatic rings. The van der Waals surface area contributed by atoms with Crippen LogP contribution < -0.4 is 16.5 Å². The zero-order chi connectivity index (χ0) is 17.5. The van der Waals surface area contributed by atoms with Crippen molar-refractivity contribution in [3.8, 4) is 0 Å². The molecular formula is C12H18N4O7P+. The van der Waals surface area contributed by atoms with E-state index in [1.165, 1.54) is 23.8 Å². The molecule has 0 saturated carbocycles. The summed E-state index contributed by atoms with van der Waals surface area (Å²) in [6, 6.07) is 0.436. The Bertz CT molecular complexity index is 700. The monoisotopic (exact) mass is 361 g/mol. The molecule has 0 aliphatic carbocycles. The Balaban J connectivity index is 1.70. The van der Waals surface area contributed by atoms with Crippen LogP contribution in [0.1, 0.15) is 19.6 Å². The molecule has 0 spiro atoms. The minimum absolute atomic E-state index is 0.0158. The first-order valence-electron chi connectivity index (χ1n) is 7.23. The fourth-order valence-electron chi connectivity index (χ4n) is 2.53. The number of carbonyl (C=O) groups is 1. The molecule has 1 aromatic heterocycles. The predicted octanol–water partition coefficient (Wildman–Crippen LogP) is -0.739. The highest BCUT2D eigenvalue weighted by atomic mass is 31.2. The number of nitrogens with two attached hydrogens (primary N) is 1. The highest BCUT2D eigenvalue weighted by Crippen LogP contribution is 2.59. The molecule has 0 amide bonds. The van der Waals surface area contributed by atoms with Gasteiger partial charge in [-0.15, -0.1) is 5.09 Å². The number of nitrogen functional groups attached to an aromatic ring is 1. The number of nitrogens with one attached hydrogen (secondary N) is 1. The normalized spacial score (nSPS) is 33.8. The van der Waals surface area contributed by atoms with Gasteiger partial charge in [0.15, 0.2) is 0 Å². The molecule has 3 heterocycles. The minimum Gasteiger partial charge on any atom is -0.480 e. The Labute approximate surface area is 137 Å². The quantitative estimate of drug-likeness (QED) is 0.503. The van der Waals surface area contributed by atoms with Gasteiger partial charge in [-0.05, 0) is 13.0 Å². The van der Waals surface area contributed by atoms with E-state index >= 15 is 0 Å². The second-order valence-electron chi connectivity index (χ2n) is 5.56. The van der Waals surface area contributed by atoms with Crippen LogP contribution in [0.5, 0.6) is 0 Å². The number of aromatic nitrogens is 2. The highest BCUT2D eigenvalue weighted by molar-refractivity contribution is 7.58. The molecule has 0 bridgehead atoms. The standard InChI is InChI=1S/C12H17N4O7P/c1-6(11(17)18)15-24(20)21-5-8-7(23-24)4-10(22-8)16-3-2-9(13)14-12(16)19/h2-3,6-8,10,15,20H,4-5H2,1H3,(H2-,13,14,17,18,19)/p+1/t6-,7-,8+,10+,24?/m0/s1. The lowest BCUT2D eigenvalue weighted by molar-refractivity contribution is -0.138. The van der Waals surface area contributed by atoms with E-state index < -0.39 is 44.2 Å². The zero-order valence-corrected chi connectivity index (χ0v) is 13.6. The van der Waals surface area contributed by atoms with Gasteiger partial charge in [0.25, 0.3) is 0 Å². The summed E-state index contributed by atoms with van der Waals surface area (Å²) in [5, 5.41) is 11.4. The van der Waals surface area contributed by atoms with Crippen LogP contribution in [0, 0.1) is 0 Å². The lowest BCUT2D eigenvalue weighted by Crippen LogP contribution is -2.42. The first kappa shape index (κ1) is 17.2. The lowest BCUT2D eigenvalue weighted by Gasteiger charge is -2.28. The van der Waals surface area contributed by atoms with Crippen LogP contribution in [-0.4, -0.2) is 50.4 Å². The zero-order valence-electron chi connectivity index (χ0n) is 12.7. The number of nitrogens with zero attached hydrogens (tertiary/aromatic N) is 2. The number of anilines is 1. The third-order valence-corrected chi connectivity index (χ3v) is 5.53. The Kier molecular flexibility index (Phi) is 4.56. The Morgan fingerprint density at radius 1 is 1.58 bits per heavy atom. The average Bonchev–Trinajstić information content (AvgIpc) is 2.88. The van der Waals surface area contributed by atoms with Crippen LogP contribution in [0.25, 0.3) is 0 Å². The van der Waals surface area contributed by atoms with Gasteiger partial charge < -0.3 is 15.6 Å². The molecule has 1 aromatic rings.